The average Bonchev–Trinajstić information content (AvgIpc) is 3.33. The topological polar surface area (TPSA) is 67.9 Å². The normalized spacial score (nSPS) is 12.3. The number of amides is 2. The van der Waals surface area contributed by atoms with Gasteiger partial charge in [-0.15, -0.1) is 11.3 Å². The van der Waals surface area contributed by atoms with Gasteiger partial charge in [-0.2, -0.15) is 0 Å². The quantitative estimate of drug-likeness (QED) is 0.638. The van der Waals surface area contributed by atoms with Gasteiger partial charge in [0.2, 0.25) is 0 Å². The van der Waals surface area contributed by atoms with E-state index in [1.54, 1.807) is 35.2 Å². The molecule has 0 saturated carbocycles. The van der Waals surface area contributed by atoms with Crippen LogP contribution in [-0.4, -0.2) is 36.5 Å². The molecule has 0 saturated heterocycles. The van der Waals surface area contributed by atoms with Crippen LogP contribution in [0.5, 0.6) is 11.5 Å². The lowest BCUT2D eigenvalue weighted by atomic mass is 10.1. The van der Waals surface area contributed by atoms with Crippen molar-refractivity contribution in [2.45, 2.75) is 13.5 Å². The fourth-order valence-electron chi connectivity index (χ4n) is 3.33. The van der Waals surface area contributed by atoms with Gasteiger partial charge in [-0.05, 0) is 36.6 Å². The van der Waals surface area contributed by atoms with E-state index in [-0.39, 0.29) is 11.8 Å². The fraction of sp³-hybridized carbons (Fsp3) is 0.217. The van der Waals surface area contributed by atoms with Crippen LogP contribution in [0.3, 0.4) is 0 Å². The van der Waals surface area contributed by atoms with Crippen LogP contribution in [0.4, 0.5) is 5.69 Å². The minimum Gasteiger partial charge on any atom is -0.486 e. The van der Waals surface area contributed by atoms with Crippen molar-refractivity contribution in [2.24, 2.45) is 0 Å². The molecule has 1 N–H and O–H groups in total. The summed E-state index contributed by atoms with van der Waals surface area (Å²) in [5.41, 5.74) is 1.84. The zero-order valence-corrected chi connectivity index (χ0v) is 17.4. The number of hydrogen-bond donors (Lipinski definition) is 1. The number of fused-ring (bicyclic) bond motifs is 1. The van der Waals surface area contributed by atoms with E-state index >= 15 is 0 Å². The molecule has 2 heterocycles. The van der Waals surface area contributed by atoms with Crippen LogP contribution in [0.25, 0.3) is 0 Å². The van der Waals surface area contributed by atoms with Gasteiger partial charge in [-0.25, -0.2) is 0 Å². The highest BCUT2D eigenvalue weighted by molar-refractivity contribution is 7.12. The molecule has 1 aromatic heterocycles. The predicted molar refractivity (Wildman–Crippen MR) is 117 cm³/mol. The lowest BCUT2D eigenvalue weighted by Crippen LogP contribution is -2.31. The van der Waals surface area contributed by atoms with Crippen molar-refractivity contribution in [3.05, 3.63) is 76.0 Å². The first-order chi connectivity index (χ1) is 14.7. The minimum atomic E-state index is -0.226. The molecule has 4 rings (SSSR count). The zero-order valence-electron chi connectivity index (χ0n) is 16.6. The standard InChI is InChI=1S/C23H22N2O4S/c1-2-25(15-16-7-5-10-19-21(16)29-13-12-28-19)23(27)17-8-3-4-9-18(17)24-22(26)20-11-6-14-30-20/h3-11,14H,2,12-13,15H2,1H3,(H,24,26). The Bertz CT molecular complexity index is 1050. The van der Waals surface area contributed by atoms with Crippen LogP contribution in [0, 0.1) is 0 Å². The zero-order chi connectivity index (χ0) is 20.9. The molecular weight excluding hydrogens is 400 g/mol. The molecule has 7 heteroatoms. The summed E-state index contributed by atoms with van der Waals surface area (Å²) in [7, 11) is 0. The summed E-state index contributed by atoms with van der Waals surface area (Å²) < 4.78 is 11.4. The van der Waals surface area contributed by atoms with Gasteiger partial charge in [-0.3, -0.25) is 9.59 Å². The number of benzene rings is 2. The second kappa shape index (κ2) is 9.00. The molecule has 0 unspecified atom stereocenters. The third-order valence-corrected chi connectivity index (χ3v) is 5.70. The van der Waals surface area contributed by atoms with Crippen molar-refractivity contribution in [3.63, 3.8) is 0 Å². The predicted octanol–water partition coefficient (Wildman–Crippen LogP) is 4.43. The van der Waals surface area contributed by atoms with Gasteiger partial charge in [0.1, 0.15) is 13.2 Å². The third-order valence-electron chi connectivity index (χ3n) is 4.83. The maximum absolute atomic E-state index is 13.3. The highest BCUT2D eigenvalue weighted by Gasteiger charge is 2.22. The molecule has 0 spiro atoms. The summed E-state index contributed by atoms with van der Waals surface area (Å²) in [6, 6.07) is 16.4. The average molecular weight is 423 g/mol. The molecule has 0 aliphatic carbocycles. The highest BCUT2D eigenvalue weighted by atomic mass is 32.1. The van der Waals surface area contributed by atoms with E-state index < -0.39 is 0 Å². The van der Waals surface area contributed by atoms with E-state index in [4.69, 9.17) is 9.47 Å². The number of para-hydroxylation sites is 2. The molecule has 30 heavy (non-hydrogen) atoms. The van der Waals surface area contributed by atoms with Gasteiger partial charge in [0.15, 0.2) is 11.5 Å². The Labute approximate surface area is 179 Å². The smallest absolute Gasteiger partial charge is 0.265 e. The van der Waals surface area contributed by atoms with Gasteiger partial charge >= 0.3 is 0 Å². The number of rotatable bonds is 6. The van der Waals surface area contributed by atoms with Crippen molar-refractivity contribution in [1.82, 2.24) is 4.90 Å². The largest absolute Gasteiger partial charge is 0.486 e. The number of anilines is 1. The van der Waals surface area contributed by atoms with E-state index in [0.29, 0.717) is 53.9 Å². The summed E-state index contributed by atoms with van der Waals surface area (Å²) in [5, 5.41) is 4.71. The Morgan fingerprint density at radius 1 is 1.03 bits per heavy atom. The third kappa shape index (κ3) is 4.16. The number of carbonyl (C=O) groups excluding carboxylic acids is 2. The van der Waals surface area contributed by atoms with Crippen LogP contribution in [0.1, 0.15) is 32.5 Å². The van der Waals surface area contributed by atoms with Gasteiger partial charge < -0.3 is 19.7 Å². The maximum Gasteiger partial charge on any atom is 0.265 e. The van der Waals surface area contributed by atoms with E-state index in [9.17, 15) is 9.59 Å². The van der Waals surface area contributed by atoms with Gasteiger partial charge in [0, 0.05) is 18.7 Å². The van der Waals surface area contributed by atoms with E-state index in [1.165, 1.54) is 11.3 Å². The Hall–Kier alpha value is -3.32. The van der Waals surface area contributed by atoms with Crippen LogP contribution >= 0.6 is 11.3 Å². The number of hydrogen-bond acceptors (Lipinski definition) is 5. The molecule has 0 fully saturated rings. The van der Waals surface area contributed by atoms with Gasteiger partial charge in [0.05, 0.1) is 16.1 Å². The lowest BCUT2D eigenvalue weighted by Gasteiger charge is -2.26. The molecule has 0 radical (unpaired) electrons. The minimum absolute atomic E-state index is 0.158. The van der Waals surface area contributed by atoms with Gasteiger partial charge in [-0.1, -0.05) is 30.3 Å². The van der Waals surface area contributed by atoms with Crippen molar-refractivity contribution in [3.8, 4) is 11.5 Å². The molecule has 6 nitrogen and oxygen atoms in total. The SMILES string of the molecule is CCN(Cc1cccc2c1OCCO2)C(=O)c1ccccc1NC(=O)c1cccs1. The second-order valence-corrected chi connectivity index (χ2v) is 7.69. The molecule has 154 valence electrons. The molecule has 1 aliphatic heterocycles. The first-order valence-electron chi connectivity index (χ1n) is 9.78. The molecular formula is C23H22N2O4S. The molecule has 0 bridgehead atoms. The van der Waals surface area contributed by atoms with Crippen molar-refractivity contribution >= 4 is 28.8 Å². The van der Waals surface area contributed by atoms with Crippen LogP contribution in [0.15, 0.2) is 60.0 Å². The first kappa shape index (κ1) is 20.0. The summed E-state index contributed by atoms with van der Waals surface area (Å²) in [4.78, 5) is 28.1. The van der Waals surface area contributed by atoms with Crippen molar-refractivity contribution in [2.75, 3.05) is 25.1 Å². The van der Waals surface area contributed by atoms with Crippen LogP contribution in [0.2, 0.25) is 0 Å². The fourth-order valence-corrected chi connectivity index (χ4v) is 3.95. The maximum atomic E-state index is 13.3. The molecule has 3 aromatic rings. The summed E-state index contributed by atoms with van der Waals surface area (Å²) in [5.74, 6) is 1.00. The number of ether oxygens (including phenoxy) is 2. The molecule has 0 atom stereocenters. The number of nitrogens with zero attached hydrogens (tertiary/aromatic N) is 1. The lowest BCUT2D eigenvalue weighted by molar-refractivity contribution is 0.0750. The Morgan fingerprint density at radius 3 is 2.67 bits per heavy atom. The monoisotopic (exact) mass is 422 g/mol. The Morgan fingerprint density at radius 2 is 1.87 bits per heavy atom. The number of carbonyl (C=O) groups is 2. The number of thiophene rings is 1. The Kier molecular flexibility index (Phi) is 5.99. The summed E-state index contributed by atoms with van der Waals surface area (Å²) >= 11 is 1.36. The Balaban J connectivity index is 1.57. The molecule has 1 aliphatic rings. The summed E-state index contributed by atoms with van der Waals surface area (Å²) in [6.07, 6.45) is 0. The van der Waals surface area contributed by atoms with Crippen LogP contribution < -0.4 is 14.8 Å². The summed E-state index contributed by atoms with van der Waals surface area (Å²) in [6.45, 7) is 3.83. The van der Waals surface area contributed by atoms with Crippen LogP contribution in [-0.2, 0) is 6.54 Å². The van der Waals surface area contributed by atoms with E-state index in [1.807, 2.05) is 36.6 Å². The number of nitrogens with one attached hydrogen (secondary N) is 1. The van der Waals surface area contributed by atoms with E-state index in [0.717, 1.165) is 5.56 Å². The van der Waals surface area contributed by atoms with Crippen molar-refractivity contribution < 1.29 is 19.1 Å². The second-order valence-electron chi connectivity index (χ2n) is 6.74. The first-order valence-corrected chi connectivity index (χ1v) is 10.7. The van der Waals surface area contributed by atoms with Gasteiger partial charge in [0.25, 0.3) is 11.8 Å². The molecule has 2 amide bonds. The van der Waals surface area contributed by atoms with E-state index in [2.05, 4.69) is 5.32 Å². The van der Waals surface area contributed by atoms with Crippen molar-refractivity contribution in [1.29, 1.82) is 0 Å². The highest BCUT2D eigenvalue weighted by Crippen LogP contribution is 2.34. The molecule has 2 aromatic carbocycles.